The van der Waals surface area contributed by atoms with Crippen LogP contribution in [0.1, 0.15) is 52.9 Å². The number of carbonyl (C=O) groups excluding carboxylic acids is 2. The molecule has 1 aliphatic heterocycles. The van der Waals surface area contributed by atoms with Crippen molar-refractivity contribution in [2.75, 3.05) is 0 Å². The third kappa shape index (κ3) is 2.69. The van der Waals surface area contributed by atoms with E-state index in [1.165, 1.54) is 0 Å². The predicted octanol–water partition coefficient (Wildman–Crippen LogP) is 3.29. The van der Waals surface area contributed by atoms with Crippen LogP contribution in [0.2, 0.25) is 8.87 Å². The van der Waals surface area contributed by atoms with Gasteiger partial charge in [-0.2, -0.15) is 0 Å². The van der Waals surface area contributed by atoms with Crippen LogP contribution in [0.5, 0.6) is 0 Å². The molecule has 0 aromatic rings. The summed E-state index contributed by atoms with van der Waals surface area (Å²) in [6.07, 6.45) is 4.97. The second kappa shape index (κ2) is 6.17. The van der Waals surface area contributed by atoms with E-state index in [9.17, 15) is 9.59 Å². The molecular formula is C13H24O2Sn. The van der Waals surface area contributed by atoms with Gasteiger partial charge in [-0.05, 0) is 0 Å². The Balaban J connectivity index is 2.84. The first kappa shape index (κ1) is 14.2. The van der Waals surface area contributed by atoms with Gasteiger partial charge in [0, 0.05) is 0 Å². The van der Waals surface area contributed by atoms with E-state index in [1.54, 1.807) is 0 Å². The number of hydrogen-bond donors (Lipinski definition) is 0. The van der Waals surface area contributed by atoms with Crippen LogP contribution in [0.15, 0.2) is 0 Å². The first-order valence-electron chi connectivity index (χ1n) is 6.66. The van der Waals surface area contributed by atoms with Crippen LogP contribution in [-0.4, -0.2) is 26.0 Å². The molecule has 1 rings (SSSR count). The Morgan fingerprint density at radius 1 is 1.12 bits per heavy atom. The van der Waals surface area contributed by atoms with E-state index in [0.717, 1.165) is 34.6 Å². The number of unbranched alkanes of at least 4 members (excludes halogenated alkanes) is 2. The van der Waals surface area contributed by atoms with Gasteiger partial charge < -0.3 is 0 Å². The molecule has 0 radical (unpaired) electrons. The Bertz CT molecular complexity index is 265. The Morgan fingerprint density at radius 2 is 1.62 bits per heavy atom. The maximum absolute atomic E-state index is 12.3. The van der Waals surface area contributed by atoms with Crippen molar-refractivity contribution in [3.63, 3.8) is 0 Å². The minimum absolute atomic E-state index is 0.0528. The van der Waals surface area contributed by atoms with Gasteiger partial charge >= 0.3 is 103 Å². The molecular weight excluding hydrogens is 307 g/mol. The first-order chi connectivity index (χ1) is 7.58. The molecule has 1 atom stereocenters. The molecule has 0 saturated carbocycles. The van der Waals surface area contributed by atoms with Crippen molar-refractivity contribution >= 4 is 26.0 Å². The summed E-state index contributed by atoms with van der Waals surface area (Å²) in [5, 5.41) is 0. The molecule has 0 N–H and O–H groups in total. The van der Waals surface area contributed by atoms with Crippen LogP contribution in [0.3, 0.4) is 0 Å². The molecule has 0 spiro atoms. The van der Waals surface area contributed by atoms with Crippen LogP contribution in [-0.2, 0) is 9.59 Å². The van der Waals surface area contributed by atoms with Crippen molar-refractivity contribution in [2.24, 2.45) is 5.92 Å². The molecule has 1 heterocycles. The normalized spacial score (nSPS) is 24.1. The van der Waals surface area contributed by atoms with E-state index >= 15 is 0 Å². The Kier molecular flexibility index (Phi) is 5.48. The summed E-state index contributed by atoms with van der Waals surface area (Å²) in [4.78, 5) is 24.5. The zero-order valence-electron chi connectivity index (χ0n) is 10.8. The average molecular weight is 331 g/mol. The molecule has 0 aliphatic carbocycles. The first-order valence-corrected chi connectivity index (χ1v) is 13.5. The molecule has 1 unspecified atom stereocenters. The fourth-order valence-electron chi connectivity index (χ4n) is 2.78. The monoisotopic (exact) mass is 332 g/mol. The molecule has 92 valence electrons. The summed E-state index contributed by atoms with van der Waals surface area (Å²) in [5.74, 6) is 0.0528. The summed E-state index contributed by atoms with van der Waals surface area (Å²) in [6.45, 7) is 6.25. The van der Waals surface area contributed by atoms with Crippen LogP contribution in [0.25, 0.3) is 0 Å². The van der Waals surface area contributed by atoms with Gasteiger partial charge in [0.25, 0.3) is 0 Å². The van der Waals surface area contributed by atoms with E-state index in [4.69, 9.17) is 0 Å². The van der Waals surface area contributed by atoms with E-state index in [1.807, 2.05) is 6.92 Å². The predicted molar refractivity (Wildman–Crippen MR) is 69.0 cm³/mol. The van der Waals surface area contributed by atoms with Gasteiger partial charge in [0.2, 0.25) is 0 Å². The van der Waals surface area contributed by atoms with Crippen LogP contribution in [0.4, 0.5) is 0 Å². The van der Waals surface area contributed by atoms with Gasteiger partial charge in [0.15, 0.2) is 0 Å². The SMILES string of the molecule is CCC[CH2][Sn]1([CH2]CCC)[C](=O)CC(C)[C]1=O. The zero-order valence-corrected chi connectivity index (χ0v) is 13.7. The topological polar surface area (TPSA) is 34.1 Å². The van der Waals surface area contributed by atoms with Gasteiger partial charge in [0.1, 0.15) is 0 Å². The van der Waals surface area contributed by atoms with Crippen LogP contribution in [0, 0.1) is 5.92 Å². The molecule has 2 nitrogen and oxygen atoms in total. The van der Waals surface area contributed by atoms with Gasteiger partial charge in [-0.3, -0.25) is 0 Å². The Morgan fingerprint density at radius 3 is 1.94 bits per heavy atom. The molecule has 0 amide bonds. The van der Waals surface area contributed by atoms with Gasteiger partial charge in [0.05, 0.1) is 0 Å². The van der Waals surface area contributed by atoms with E-state index < -0.39 is 18.4 Å². The van der Waals surface area contributed by atoms with Crippen molar-refractivity contribution in [1.29, 1.82) is 0 Å². The summed E-state index contributed by atoms with van der Waals surface area (Å²) in [7, 11) is 0. The number of hydrogen-bond acceptors (Lipinski definition) is 2. The average Bonchev–Trinajstić information content (AvgIpc) is 2.47. The maximum atomic E-state index is 12.3. The quantitative estimate of drug-likeness (QED) is 0.700. The van der Waals surface area contributed by atoms with Gasteiger partial charge in [-0.15, -0.1) is 0 Å². The van der Waals surface area contributed by atoms with Gasteiger partial charge in [-0.25, -0.2) is 0 Å². The second-order valence-electron chi connectivity index (χ2n) is 5.18. The molecule has 3 heteroatoms. The van der Waals surface area contributed by atoms with Crippen LogP contribution >= 0.6 is 0 Å². The van der Waals surface area contributed by atoms with Crippen molar-refractivity contribution in [1.82, 2.24) is 0 Å². The summed E-state index contributed by atoms with van der Waals surface area (Å²) in [5.41, 5.74) is 0. The minimum atomic E-state index is -3.06. The second-order valence-corrected chi connectivity index (χ2v) is 17.2. The molecule has 16 heavy (non-hydrogen) atoms. The number of carbonyl (C=O) groups is 2. The van der Waals surface area contributed by atoms with Crippen molar-refractivity contribution in [3.05, 3.63) is 0 Å². The van der Waals surface area contributed by atoms with Crippen molar-refractivity contribution in [2.45, 2.75) is 61.7 Å². The molecule has 1 saturated heterocycles. The van der Waals surface area contributed by atoms with Gasteiger partial charge in [-0.1, -0.05) is 0 Å². The van der Waals surface area contributed by atoms with E-state index in [2.05, 4.69) is 13.8 Å². The molecule has 0 aromatic heterocycles. The molecule has 0 aromatic carbocycles. The summed E-state index contributed by atoms with van der Waals surface area (Å²) >= 11 is -3.06. The molecule has 1 fully saturated rings. The zero-order chi connectivity index (χ0) is 12.2. The molecule has 1 aliphatic rings. The Labute approximate surface area is 103 Å². The summed E-state index contributed by atoms with van der Waals surface area (Å²) in [6, 6.07) is 0. The fraction of sp³-hybridized carbons (Fsp3) is 0.846. The molecule has 0 bridgehead atoms. The fourth-order valence-corrected chi connectivity index (χ4v) is 17.7. The standard InChI is InChI=1S/C5H6O2.2C4H9.Sn/c1-5(4-7)2-3-6;2*1-3-4-2;/h5H,2H2,1H3;2*1,3-4H2,2H3;. The number of rotatable bonds is 6. The third-order valence-corrected chi connectivity index (χ3v) is 18.5. The van der Waals surface area contributed by atoms with Crippen molar-refractivity contribution in [3.8, 4) is 0 Å². The van der Waals surface area contributed by atoms with E-state index in [0.29, 0.717) is 14.0 Å². The van der Waals surface area contributed by atoms with Crippen molar-refractivity contribution < 1.29 is 9.59 Å². The Hall–Kier alpha value is 0.139. The third-order valence-electron chi connectivity index (χ3n) is 3.86. The summed E-state index contributed by atoms with van der Waals surface area (Å²) < 4.78 is 2.84. The van der Waals surface area contributed by atoms with Crippen LogP contribution < -0.4 is 0 Å². The van der Waals surface area contributed by atoms with E-state index in [-0.39, 0.29) is 5.92 Å².